The Kier molecular flexibility index (Phi) is 4.71. The molecule has 2 bridgehead atoms. The van der Waals surface area contributed by atoms with Crippen molar-refractivity contribution in [2.24, 2.45) is 0 Å². The van der Waals surface area contributed by atoms with Crippen molar-refractivity contribution < 1.29 is 19.7 Å². The van der Waals surface area contributed by atoms with E-state index in [1.54, 1.807) is 4.57 Å². The Morgan fingerprint density at radius 1 is 1.57 bits per heavy atom. The number of imidazole rings is 1. The van der Waals surface area contributed by atoms with Crippen LogP contribution in [0.1, 0.15) is 20.1 Å². The largest absolute Gasteiger partial charge is 0.400 e. The van der Waals surface area contributed by atoms with Gasteiger partial charge in [0.25, 0.3) is 5.56 Å². The zero-order valence-electron chi connectivity index (χ0n) is 11.9. The number of aliphatic hydroxyl groups excluding tert-OH is 2. The molecule has 0 saturated carbocycles. The van der Waals surface area contributed by atoms with E-state index in [0.717, 1.165) is 7.11 Å². The molecule has 0 aromatic carbocycles. The lowest BCUT2D eigenvalue weighted by Crippen LogP contribution is -2.38. The van der Waals surface area contributed by atoms with Crippen LogP contribution in [0.4, 0.5) is 5.95 Å². The zero-order valence-corrected chi connectivity index (χ0v) is 11.9. The highest BCUT2D eigenvalue weighted by molar-refractivity contribution is 5.70. The van der Waals surface area contributed by atoms with Crippen LogP contribution < -0.4 is 11.3 Å². The van der Waals surface area contributed by atoms with E-state index in [0.29, 0.717) is 18.7 Å². The number of hydrogen-bond acceptors (Lipinski definition) is 8. The van der Waals surface area contributed by atoms with Crippen LogP contribution in [-0.4, -0.2) is 61.8 Å². The zero-order chi connectivity index (χ0) is 15.9. The second-order valence-corrected chi connectivity index (χ2v) is 5.18. The molecule has 23 heavy (non-hydrogen) atoms. The SMILES string of the molecule is C.CO.Nc1nc2c(ncn2[C@@H]2O[C@@]3(CO)COC2C3)c(=O)[nH]1. The molecule has 5 N–H and O–H groups in total. The molecule has 0 aliphatic carbocycles. The number of ether oxygens (including phenoxy) is 2. The summed E-state index contributed by atoms with van der Waals surface area (Å²) in [5.74, 6) is 0.0187. The molecule has 128 valence electrons. The van der Waals surface area contributed by atoms with Gasteiger partial charge in [-0.2, -0.15) is 4.98 Å². The Hall–Kier alpha value is -2.01. The second kappa shape index (κ2) is 6.24. The van der Waals surface area contributed by atoms with Gasteiger partial charge in [-0.25, -0.2) is 4.98 Å². The molecule has 1 unspecified atom stereocenters. The lowest BCUT2D eigenvalue weighted by atomic mass is 10.0. The third-order valence-corrected chi connectivity index (χ3v) is 3.84. The third kappa shape index (κ3) is 2.59. The molecule has 10 heteroatoms. The van der Waals surface area contributed by atoms with Gasteiger partial charge in [0.1, 0.15) is 11.7 Å². The number of nitrogen functional groups attached to an aromatic ring is 1. The Bertz CT molecular complexity index is 744. The van der Waals surface area contributed by atoms with Gasteiger partial charge < -0.3 is 25.4 Å². The normalized spacial score (nSPS) is 28.3. The van der Waals surface area contributed by atoms with E-state index < -0.39 is 17.4 Å². The maximum Gasteiger partial charge on any atom is 0.280 e. The lowest BCUT2D eigenvalue weighted by molar-refractivity contribution is -0.182. The predicted molar refractivity (Wildman–Crippen MR) is 81.7 cm³/mol. The van der Waals surface area contributed by atoms with Crippen LogP contribution >= 0.6 is 0 Å². The van der Waals surface area contributed by atoms with Crippen LogP contribution in [0.5, 0.6) is 0 Å². The molecule has 4 rings (SSSR count). The smallest absolute Gasteiger partial charge is 0.280 e. The first-order valence-electron chi connectivity index (χ1n) is 6.69. The van der Waals surface area contributed by atoms with Crippen LogP contribution in [0.3, 0.4) is 0 Å². The highest BCUT2D eigenvalue weighted by Gasteiger charge is 2.54. The molecule has 10 nitrogen and oxygen atoms in total. The number of H-pyrrole nitrogens is 1. The average molecular weight is 327 g/mol. The van der Waals surface area contributed by atoms with Gasteiger partial charge in [-0.1, -0.05) is 7.43 Å². The molecular formula is C13H21N5O5. The number of nitrogens with two attached hydrogens (primary N) is 1. The first-order chi connectivity index (χ1) is 10.6. The number of aromatic amines is 1. The molecular weight excluding hydrogens is 306 g/mol. The average Bonchev–Trinajstić information content (AvgIpc) is 3.21. The van der Waals surface area contributed by atoms with Crippen molar-refractivity contribution in [3.63, 3.8) is 0 Å². The Morgan fingerprint density at radius 2 is 2.30 bits per heavy atom. The standard InChI is InChI=1S/C11H13N5O4.CH4O.CH4/c12-10-14-7-6(8(18)15-10)13-4-16(7)9-5-1-11(2-17,20-9)3-19-5;1-2;/h4-5,9,17H,1-3H2,(H3,12,14,15,18);2H,1H3;1H4/t5?,9-,11+;;/m1../s1. The Labute approximate surface area is 131 Å². The molecule has 4 heterocycles. The van der Waals surface area contributed by atoms with Crippen molar-refractivity contribution >= 4 is 17.1 Å². The van der Waals surface area contributed by atoms with Crippen LogP contribution in [0.2, 0.25) is 0 Å². The molecule has 2 saturated heterocycles. The quantitative estimate of drug-likeness (QED) is 0.548. The van der Waals surface area contributed by atoms with Crippen LogP contribution in [0.25, 0.3) is 11.2 Å². The summed E-state index contributed by atoms with van der Waals surface area (Å²) >= 11 is 0. The van der Waals surface area contributed by atoms with E-state index in [2.05, 4.69) is 15.0 Å². The maximum atomic E-state index is 11.7. The van der Waals surface area contributed by atoms with Gasteiger partial charge in [0, 0.05) is 13.5 Å². The summed E-state index contributed by atoms with van der Waals surface area (Å²) in [5.41, 5.74) is 5.04. The molecule has 2 aromatic heterocycles. The number of nitrogens with zero attached hydrogens (tertiary/aromatic N) is 3. The molecule has 2 fully saturated rings. The number of aliphatic hydroxyl groups is 2. The van der Waals surface area contributed by atoms with Gasteiger partial charge in [-0.3, -0.25) is 14.3 Å². The Morgan fingerprint density at radius 3 is 2.96 bits per heavy atom. The van der Waals surface area contributed by atoms with Crippen molar-refractivity contribution in [2.75, 3.05) is 26.1 Å². The Balaban J connectivity index is 0.000000617. The molecule has 0 spiro atoms. The van der Waals surface area contributed by atoms with Gasteiger partial charge in [0.2, 0.25) is 5.95 Å². The number of hydrogen-bond donors (Lipinski definition) is 4. The van der Waals surface area contributed by atoms with E-state index in [1.807, 2.05) is 0 Å². The number of fused-ring (bicyclic) bond motifs is 3. The fourth-order valence-electron chi connectivity index (χ4n) is 2.85. The number of rotatable bonds is 2. The number of aromatic nitrogens is 4. The molecule has 2 aliphatic heterocycles. The number of anilines is 1. The van der Waals surface area contributed by atoms with Gasteiger partial charge in [0.15, 0.2) is 17.4 Å². The maximum absolute atomic E-state index is 11.7. The summed E-state index contributed by atoms with van der Waals surface area (Å²) in [6.07, 6.45) is 1.43. The summed E-state index contributed by atoms with van der Waals surface area (Å²) in [6, 6.07) is 0. The first-order valence-corrected chi connectivity index (χ1v) is 6.69. The summed E-state index contributed by atoms with van der Waals surface area (Å²) in [6.45, 7) is 0.260. The highest BCUT2D eigenvalue weighted by Crippen LogP contribution is 2.44. The van der Waals surface area contributed by atoms with Crippen molar-refractivity contribution in [1.82, 2.24) is 19.5 Å². The van der Waals surface area contributed by atoms with Crippen molar-refractivity contribution in [3.8, 4) is 0 Å². The van der Waals surface area contributed by atoms with Gasteiger partial charge in [-0.05, 0) is 0 Å². The monoisotopic (exact) mass is 327 g/mol. The first kappa shape index (κ1) is 17.3. The van der Waals surface area contributed by atoms with E-state index >= 15 is 0 Å². The minimum atomic E-state index is -0.668. The molecule has 0 amide bonds. The van der Waals surface area contributed by atoms with Gasteiger partial charge >= 0.3 is 0 Å². The van der Waals surface area contributed by atoms with Crippen molar-refractivity contribution in [3.05, 3.63) is 16.7 Å². The summed E-state index contributed by atoms with van der Waals surface area (Å²) in [7, 11) is 1.00. The van der Waals surface area contributed by atoms with Crippen LogP contribution in [0, 0.1) is 0 Å². The minimum Gasteiger partial charge on any atom is -0.400 e. The van der Waals surface area contributed by atoms with E-state index in [1.165, 1.54) is 6.33 Å². The summed E-state index contributed by atoms with van der Waals surface area (Å²) in [4.78, 5) is 22.3. The van der Waals surface area contributed by atoms with Crippen molar-refractivity contribution in [2.45, 2.75) is 31.8 Å². The van der Waals surface area contributed by atoms with E-state index in [-0.39, 0.29) is 31.6 Å². The van der Waals surface area contributed by atoms with Crippen molar-refractivity contribution in [1.29, 1.82) is 0 Å². The lowest BCUT2D eigenvalue weighted by Gasteiger charge is -2.29. The molecule has 3 atom stereocenters. The highest BCUT2D eigenvalue weighted by atomic mass is 16.6. The van der Waals surface area contributed by atoms with Gasteiger partial charge in [-0.15, -0.1) is 0 Å². The van der Waals surface area contributed by atoms with E-state index in [9.17, 15) is 9.90 Å². The third-order valence-electron chi connectivity index (χ3n) is 3.84. The molecule has 0 radical (unpaired) electrons. The molecule has 2 aromatic rings. The second-order valence-electron chi connectivity index (χ2n) is 5.18. The van der Waals surface area contributed by atoms with E-state index in [4.69, 9.17) is 20.3 Å². The topological polar surface area (TPSA) is 149 Å². The number of nitrogens with one attached hydrogen (secondary N) is 1. The summed E-state index contributed by atoms with van der Waals surface area (Å²) in [5, 5.41) is 16.4. The van der Waals surface area contributed by atoms with Crippen LogP contribution in [-0.2, 0) is 9.47 Å². The van der Waals surface area contributed by atoms with Crippen LogP contribution in [0.15, 0.2) is 11.1 Å². The van der Waals surface area contributed by atoms with Gasteiger partial charge in [0.05, 0.1) is 19.5 Å². The fraction of sp³-hybridized carbons (Fsp3) is 0.615. The predicted octanol–water partition coefficient (Wildman–Crippen LogP) is -1.00. The minimum absolute atomic E-state index is 0. The molecule has 2 aliphatic rings. The summed E-state index contributed by atoms with van der Waals surface area (Å²) < 4.78 is 13.1. The fourth-order valence-corrected chi connectivity index (χ4v) is 2.85.